The van der Waals surface area contributed by atoms with Gasteiger partial charge in [0.05, 0.1) is 16.8 Å². The molecule has 3 nitrogen and oxygen atoms in total. The van der Waals surface area contributed by atoms with E-state index in [1.54, 1.807) is 30.3 Å². The molecule has 2 aromatic carbocycles. The molecule has 0 amide bonds. The number of rotatable bonds is 1. The van der Waals surface area contributed by atoms with Crippen molar-refractivity contribution in [2.45, 2.75) is 12.4 Å². The molecule has 21 heavy (non-hydrogen) atoms. The molecule has 3 rings (SSSR count). The minimum absolute atomic E-state index is 0.0928. The summed E-state index contributed by atoms with van der Waals surface area (Å²) in [5.74, 6) is -0.647. The monoisotopic (exact) mass is 293 g/mol. The summed E-state index contributed by atoms with van der Waals surface area (Å²) < 4.78 is 43.4. The van der Waals surface area contributed by atoms with E-state index >= 15 is 0 Å². The van der Waals surface area contributed by atoms with E-state index in [2.05, 4.69) is 5.32 Å². The van der Waals surface area contributed by atoms with Crippen molar-refractivity contribution in [1.29, 1.82) is 0 Å². The van der Waals surface area contributed by atoms with Crippen LogP contribution in [-0.4, -0.2) is 5.97 Å². The van der Waals surface area contributed by atoms with Gasteiger partial charge in [-0.3, -0.25) is 0 Å². The van der Waals surface area contributed by atoms with Crippen LogP contribution in [0.5, 0.6) is 0 Å². The van der Waals surface area contributed by atoms with Crippen LogP contribution in [0.15, 0.2) is 48.5 Å². The second-order valence-electron chi connectivity index (χ2n) is 4.60. The predicted octanol–water partition coefficient (Wildman–Crippen LogP) is 3.99. The highest BCUT2D eigenvalue weighted by Gasteiger charge is 2.34. The maximum absolute atomic E-state index is 12.7. The van der Waals surface area contributed by atoms with E-state index in [1.165, 1.54) is 0 Å². The molecule has 6 heteroatoms. The molecule has 0 bridgehead atoms. The zero-order valence-electron chi connectivity index (χ0n) is 10.6. The van der Waals surface area contributed by atoms with Crippen LogP contribution in [0.2, 0.25) is 0 Å². The van der Waals surface area contributed by atoms with Crippen molar-refractivity contribution in [3.8, 4) is 0 Å². The van der Waals surface area contributed by atoms with Crippen LogP contribution in [0.25, 0.3) is 0 Å². The molecule has 0 spiro atoms. The molecule has 0 saturated carbocycles. The van der Waals surface area contributed by atoms with Crippen molar-refractivity contribution < 1.29 is 22.7 Å². The maximum atomic E-state index is 12.7. The number of halogens is 3. The Bertz CT molecular complexity index is 683. The SMILES string of the molecule is O=C1O[C@H](c2ccccc2)Nc2cc(C(F)(F)F)ccc21. The molecule has 0 saturated heterocycles. The second kappa shape index (κ2) is 4.80. The smallest absolute Gasteiger partial charge is 0.416 e. The van der Waals surface area contributed by atoms with Gasteiger partial charge in [-0.15, -0.1) is 0 Å². The summed E-state index contributed by atoms with van der Waals surface area (Å²) in [5.41, 5.74) is 0.0642. The Balaban J connectivity index is 1.98. The minimum atomic E-state index is -4.46. The van der Waals surface area contributed by atoms with Gasteiger partial charge in [-0.25, -0.2) is 4.79 Å². The second-order valence-corrected chi connectivity index (χ2v) is 4.60. The van der Waals surface area contributed by atoms with Crippen LogP contribution in [0.3, 0.4) is 0 Å². The van der Waals surface area contributed by atoms with E-state index in [-0.39, 0.29) is 11.3 Å². The topological polar surface area (TPSA) is 38.3 Å². The molecule has 0 fully saturated rings. The average molecular weight is 293 g/mol. The van der Waals surface area contributed by atoms with E-state index in [4.69, 9.17) is 4.74 Å². The van der Waals surface area contributed by atoms with Crippen LogP contribution in [0.4, 0.5) is 18.9 Å². The van der Waals surface area contributed by atoms with Crippen LogP contribution in [0, 0.1) is 0 Å². The maximum Gasteiger partial charge on any atom is 0.416 e. The summed E-state index contributed by atoms with van der Waals surface area (Å²) in [5, 5.41) is 2.81. The molecule has 1 aliphatic rings. The van der Waals surface area contributed by atoms with Crippen molar-refractivity contribution >= 4 is 11.7 Å². The normalized spacial score (nSPS) is 17.7. The Morgan fingerprint density at radius 2 is 1.76 bits per heavy atom. The largest absolute Gasteiger partial charge is 0.434 e. The van der Waals surface area contributed by atoms with Crippen LogP contribution in [0.1, 0.15) is 27.7 Å². The van der Waals surface area contributed by atoms with E-state index in [1.807, 2.05) is 0 Å². The molecule has 108 valence electrons. The predicted molar refractivity (Wildman–Crippen MR) is 69.7 cm³/mol. The number of carbonyl (C=O) groups excluding carboxylic acids is 1. The van der Waals surface area contributed by atoms with Gasteiger partial charge in [-0.2, -0.15) is 13.2 Å². The van der Waals surface area contributed by atoms with Crippen molar-refractivity contribution in [2.75, 3.05) is 5.32 Å². The van der Waals surface area contributed by atoms with E-state index in [9.17, 15) is 18.0 Å². The summed E-state index contributed by atoms with van der Waals surface area (Å²) in [6, 6.07) is 11.7. The zero-order valence-corrected chi connectivity index (χ0v) is 10.6. The third-order valence-electron chi connectivity index (χ3n) is 3.18. The highest BCUT2D eigenvalue weighted by atomic mass is 19.4. The summed E-state index contributed by atoms with van der Waals surface area (Å²) in [4.78, 5) is 11.9. The summed E-state index contributed by atoms with van der Waals surface area (Å²) in [6.45, 7) is 0. The first-order valence-corrected chi connectivity index (χ1v) is 6.19. The summed E-state index contributed by atoms with van der Waals surface area (Å²) in [6.07, 6.45) is -5.25. The Labute approximate surface area is 118 Å². The molecule has 1 heterocycles. The average Bonchev–Trinajstić information content (AvgIpc) is 2.46. The van der Waals surface area contributed by atoms with Gasteiger partial charge in [0.15, 0.2) is 6.23 Å². The standard InChI is InChI=1S/C15H10F3NO2/c16-15(17,18)10-6-7-11-12(8-10)19-13(21-14(11)20)9-4-2-1-3-5-9/h1-8,13,19H/t13-/m1/s1. The lowest BCUT2D eigenvalue weighted by Crippen LogP contribution is -2.26. The summed E-state index contributed by atoms with van der Waals surface area (Å²) in [7, 11) is 0. The quantitative estimate of drug-likeness (QED) is 0.808. The highest BCUT2D eigenvalue weighted by Crippen LogP contribution is 2.36. The van der Waals surface area contributed by atoms with Crippen molar-refractivity contribution in [2.24, 2.45) is 0 Å². The van der Waals surface area contributed by atoms with Gasteiger partial charge in [-0.1, -0.05) is 30.3 Å². The lowest BCUT2D eigenvalue weighted by molar-refractivity contribution is -0.137. The molecule has 1 atom stereocenters. The molecule has 0 aromatic heterocycles. The number of cyclic esters (lactones) is 1. The molecule has 2 aromatic rings. The molecule has 0 aliphatic carbocycles. The first-order chi connectivity index (χ1) is 9.95. The van der Waals surface area contributed by atoms with Gasteiger partial charge in [0.2, 0.25) is 0 Å². The van der Waals surface area contributed by atoms with Gasteiger partial charge in [0.25, 0.3) is 0 Å². The lowest BCUT2D eigenvalue weighted by atomic mass is 10.1. The Morgan fingerprint density at radius 1 is 1.05 bits per heavy atom. The van der Waals surface area contributed by atoms with E-state index < -0.39 is 23.9 Å². The van der Waals surface area contributed by atoms with Gasteiger partial charge in [0, 0.05) is 5.56 Å². The summed E-state index contributed by atoms with van der Waals surface area (Å²) >= 11 is 0. The number of hydrogen-bond donors (Lipinski definition) is 1. The zero-order chi connectivity index (χ0) is 15.0. The number of esters is 1. The van der Waals surface area contributed by atoms with Gasteiger partial charge in [-0.05, 0) is 18.2 Å². The van der Waals surface area contributed by atoms with E-state index in [0.29, 0.717) is 5.56 Å². The van der Waals surface area contributed by atoms with Crippen LogP contribution >= 0.6 is 0 Å². The van der Waals surface area contributed by atoms with Crippen molar-refractivity contribution in [1.82, 2.24) is 0 Å². The fourth-order valence-corrected chi connectivity index (χ4v) is 2.14. The molecular weight excluding hydrogens is 283 g/mol. The molecule has 1 N–H and O–H groups in total. The molecule has 0 radical (unpaired) electrons. The number of carbonyl (C=O) groups is 1. The fourth-order valence-electron chi connectivity index (χ4n) is 2.14. The Morgan fingerprint density at radius 3 is 2.43 bits per heavy atom. The number of hydrogen-bond acceptors (Lipinski definition) is 3. The number of anilines is 1. The fraction of sp³-hybridized carbons (Fsp3) is 0.133. The van der Waals surface area contributed by atoms with Crippen LogP contribution < -0.4 is 5.32 Å². The molecular formula is C15H10F3NO2. The first-order valence-electron chi connectivity index (χ1n) is 6.19. The van der Waals surface area contributed by atoms with Gasteiger partial charge >= 0.3 is 12.1 Å². The number of alkyl halides is 3. The van der Waals surface area contributed by atoms with Gasteiger partial charge in [0.1, 0.15) is 0 Å². The third-order valence-corrected chi connectivity index (χ3v) is 3.18. The third kappa shape index (κ3) is 2.56. The number of benzene rings is 2. The van der Waals surface area contributed by atoms with Crippen LogP contribution in [-0.2, 0) is 10.9 Å². The highest BCUT2D eigenvalue weighted by molar-refractivity contribution is 5.97. The molecule has 0 unspecified atom stereocenters. The molecule has 1 aliphatic heterocycles. The Hall–Kier alpha value is -2.50. The number of nitrogens with one attached hydrogen (secondary N) is 1. The first kappa shape index (κ1) is 13.5. The van der Waals surface area contributed by atoms with Crippen molar-refractivity contribution in [3.63, 3.8) is 0 Å². The number of ether oxygens (including phenoxy) is 1. The van der Waals surface area contributed by atoms with Crippen molar-refractivity contribution in [3.05, 3.63) is 65.2 Å². The number of fused-ring (bicyclic) bond motifs is 1. The van der Waals surface area contributed by atoms with Gasteiger partial charge < -0.3 is 10.1 Å². The lowest BCUT2D eigenvalue weighted by Gasteiger charge is -2.27. The Kier molecular flexibility index (Phi) is 3.08. The minimum Gasteiger partial charge on any atom is -0.434 e. The van der Waals surface area contributed by atoms with E-state index in [0.717, 1.165) is 18.2 Å².